The SMILES string of the molecule is CC(C)c1ccc(-n2cc(N)cn2)cc1O. The van der Waals surface area contributed by atoms with E-state index in [-0.39, 0.29) is 0 Å². The van der Waals surface area contributed by atoms with Crippen LogP contribution in [0.1, 0.15) is 25.3 Å². The van der Waals surface area contributed by atoms with Gasteiger partial charge in [-0.3, -0.25) is 0 Å². The minimum atomic E-state index is 0.293. The van der Waals surface area contributed by atoms with Gasteiger partial charge in [-0.25, -0.2) is 4.68 Å². The first-order valence-electron chi connectivity index (χ1n) is 5.21. The number of rotatable bonds is 2. The Morgan fingerprint density at radius 1 is 1.38 bits per heavy atom. The van der Waals surface area contributed by atoms with Crippen LogP contribution < -0.4 is 5.73 Å². The molecule has 0 spiro atoms. The lowest BCUT2D eigenvalue weighted by molar-refractivity contribution is 0.464. The van der Waals surface area contributed by atoms with E-state index in [1.54, 1.807) is 23.1 Å². The molecule has 2 aromatic rings. The fraction of sp³-hybridized carbons (Fsp3) is 0.250. The lowest BCUT2D eigenvalue weighted by atomic mass is 10.0. The average Bonchev–Trinajstić information content (AvgIpc) is 2.64. The van der Waals surface area contributed by atoms with E-state index in [1.807, 2.05) is 26.0 Å². The number of nitrogens with zero attached hydrogens (tertiary/aromatic N) is 2. The zero-order valence-corrected chi connectivity index (χ0v) is 9.38. The minimum absolute atomic E-state index is 0.293. The van der Waals surface area contributed by atoms with E-state index in [2.05, 4.69) is 5.10 Å². The van der Waals surface area contributed by atoms with Gasteiger partial charge in [0, 0.05) is 6.07 Å². The summed E-state index contributed by atoms with van der Waals surface area (Å²) in [4.78, 5) is 0. The zero-order valence-electron chi connectivity index (χ0n) is 9.38. The van der Waals surface area contributed by atoms with Crippen molar-refractivity contribution in [1.82, 2.24) is 9.78 Å². The van der Waals surface area contributed by atoms with Gasteiger partial charge in [0.25, 0.3) is 0 Å². The van der Waals surface area contributed by atoms with E-state index in [9.17, 15) is 5.11 Å². The van der Waals surface area contributed by atoms with Crippen molar-refractivity contribution in [2.24, 2.45) is 0 Å². The molecule has 0 aliphatic carbocycles. The Morgan fingerprint density at radius 3 is 2.62 bits per heavy atom. The van der Waals surface area contributed by atoms with Gasteiger partial charge >= 0.3 is 0 Å². The van der Waals surface area contributed by atoms with Crippen molar-refractivity contribution < 1.29 is 5.11 Å². The molecule has 0 fully saturated rings. The van der Waals surface area contributed by atoms with Gasteiger partial charge in [-0.15, -0.1) is 0 Å². The van der Waals surface area contributed by atoms with Crippen LogP contribution in [-0.4, -0.2) is 14.9 Å². The predicted octanol–water partition coefficient (Wildman–Crippen LogP) is 2.28. The second-order valence-corrected chi connectivity index (χ2v) is 4.12. The van der Waals surface area contributed by atoms with Crippen molar-refractivity contribution in [3.63, 3.8) is 0 Å². The first-order chi connectivity index (χ1) is 7.58. The van der Waals surface area contributed by atoms with Gasteiger partial charge < -0.3 is 10.8 Å². The summed E-state index contributed by atoms with van der Waals surface area (Å²) >= 11 is 0. The fourth-order valence-corrected chi connectivity index (χ4v) is 1.64. The number of benzene rings is 1. The van der Waals surface area contributed by atoms with Crippen molar-refractivity contribution >= 4 is 5.69 Å². The molecule has 0 aliphatic heterocycles. The average molecular weight is 217 g/mol. The third-order valence-electron chi connectivity index (χ3n) is 2.50. The van der Waals surface area contributed by atoms with Crippen LogP contribution in [0.2, 0.25) is 0 Å². The highest BCUT2D eigenvalue weighted by molar-refractivity contribution is 5.46. The third kappa shape index (κ3) is 1.86. The molecule has 0 aliphatic rings. The highest BCUT2D eigenvalue weighted by Crippen LogP contribution is 2.27. The number of aromatic nitrogens is 2. The van der Waals surface area contributed by atoms with Gasteiger partial charge in [0.15, 0.2) is 0 Å². The topological polar surface area (TPSA) is 64.1 Å². The number of hydrogen-bond donors (Lipinski definition) is 2. The molecule has 0 saturated heterocycles. The molecule has 2 rings (SSSR count). The van der Waals surface area contributed by atoms with Crippen LogP contribution in [0.25, 0.3) is 5.69 Å². The number of anilines is 1. The molecule has 0 atom stereocenters. The summed E-state index contributed by atoms with van der Waals surface area (Å²) in [5.74, 6) is 0.596. The highest BCUT2D eigenvalue weighted by Gasteiger charge is 2.07. The van der Waals surface area contributed by atoms with Gasteiger partial charge in [0.2, 0.25) is 0 Å². The molecule has 4 heteroatoms. The summed E-state index contributed by atoms with van der Waals surface area (Å²) in [5, 5.41) is 13.9. The van der Waals surface area contributed by atoms with Crippen LogP contribution in [0, 0.1) is 0 Å². The molecule has 1 aromatic heterocycles. The number of nitrogen functional groups attached to an aromatic ring is 1. The van der Waals surface area contributed by atoms with Crippen LogP contribution in [0.15, 0.2) is 30.6 Å². The largest absolute Gasteiger partial charge is 0.508 e. The molecule has 1 heterocycles. The maximum atomic E-state index is 9.86. The molecule has 0 saturated carbocycles. The second kappa shape index (κ2) is 3.89. The molecule has 3 N–H and O–H groups in total. The Kier molecular flexibility index (Phi) is 2.56. The van der Waals surface area contributed by atoms with Crippen molar-refractivity contribution in [1.29, 1.82) is 0 Å². The molecule has 0 radical (unpaired) electrons. The zero-order chi connectivity index (χ0) is 11.7. The van der Waals surface area contributed by atoms with Crippen molar-refractivity contribution in [2.45, 2.75) is 19.8 Å². The summed E-state index contributed by atoms with van der Waals surface area (Å²) in [6.07, 6.45) is 3.29. The predicted molar refractivity (Wildman–Crippen MR) is 63.7 cm³/mol. The van der Waals surface area contributed by atoms with Gasteiger partial charge in [-0.2, -0.15) is 5.10 Å². The molecule has 0 bridgehead atoms. The Labute approximate surface area is 94.3 Å². The Morgan fingerprint density at radius 2 is 2.12 bits per heavy atom. The quantitative estimate of drug-likeness (QED) is 0.811. The maximum Gasteiger partial charge on any atom is 0.121 e. The molecular formula is C12H15N3O. The molecule has 4 nitrogen and oxygen atoms in total. The van der Waals surface area contributed by atoms with E-state index in [0.717, 1.165) is 11.3 Å². The molecule has 0 unspecified atom stereocenters. The smallest absolute Gasteiger partial charge is 0.121 e. The van der Waals surface area contributed by atoms with E-state index in [4.69, 9.17) is 5.73 Å². The van der Waals surface area contributed by atoms with Crippen LogP contribution in [0.3, 0.4) is 0 Å². The first kappa shape index (κ1) is 10.5. The maximum absolute atomic E-state index is 9.86. The van der Waals surface area contributed by atoms with Gasteiger partial charge in [-0.1, -0.05) is 19.9 Å². The number of hydrogen-bond acceptors (Lipinski definition) is 3. The molecule has 0 amide bonds. The fourth-order valence-electron chi connectivity index (χ4n) is 1.64. The lowest BCUT2D eigenvalue weighted by Gasteiger charge is -2.09. The summed E-state index contributed by atoms with van der Waals surface area (Å²) in [6, 6.07) is 5.52. The minimum Gasteiger partial charge on any atom is -0.508 e. The van der Waals surface area contributed by atoms with Crippen LogP contribution >= 0.6 is 0 Å². The second-order valence-electron chi connectivity index (χ2n) is 4.12. The summed E-state index contributed by atoms with van der Waals surface area (Å²) in [7, 11) is 0. The molecular weight excluding hydrogens is 202 g/mol. The van der Waals surface area contributed by atoms with Crippen LogP contribution in [0.5, 0.6) is 5.75 Å². The van der Waals surface area contributed by atoms with Crippen LogP contribution in [0.4, 0.5) is 5.69 Å². The highest BCUT2D eigenvalue weighted by atomic mass is 16.3. The first-order valence-corrected chi connectivity index (χ1v) is 5.21. The number of nitrogens with two attached hydrogens (primary N) is 1. The number of phenols is 1. The van der Waals surface area contributed by atoms with E-state index >= 15 is 0 Å². The van der Waals surface area contributed by atoms with Crippen molar-refractivity contribution in [3.8, 4) is 11.4 Å². The number of aromatic hydroxyl groups is 1. The standard InChI is InChI=1S/C12H15N3O/c1-8(2)11-4-3-10(5-12(11)16)15-7-9(13)6-14-15/h3-8,16H,13H2,1-2H3. The molecule has 1 aromatic carbocycles. The molecule has 16 heavy (non-hydrogen) atoms. The van der Waals surface area contributed by atoms with E-state index < -0.39 is 0 Å². The van der Waals surface area contributed by atoms with Crippen LogP contribution in [-0.2, 0) is 0 Å². The Balaban J connectivity index is 2.42. The van der Waals surface area contributed by atoms with Crippen molar-refractivity contribution in [3.05, 3.63) is 36.2 Å². The summed E-state index contributed by atoms with van der Waals surface area (Å²) < 4.78 is 1.64. The monoisotopic (exact) mass is 217 g/mol. The summed E-state index contributed by atoms with van der Waals surface area (Å²) in [6.45, 7) is 4.08. The molecule has 84 valence electrons. The van der Waals surface area contributed by atoms with Crippen molar-refractivity contribution in [2.75, 3.05) is 5.73 Å². The van der Waals surface area contributed by atoms with E-state index in [0.29, 0.717) is 17.4 Å². The summed E-state index contributed by atoms with van der Waals surface area (Å²) in [5.41, 5.74) is 7.93. The number of phenolic OH excluding ortho intramolecular Hbond substituents is 1. The van der Waals surface area contributed by atoms with E-state index in [1.165, 1.54) is 0 Å². The van der Waals surface area contributed by atoms with Gasteiger partial charge in [0.05, 0.1) is 23.8 Å². The third-order valence-corrected chi connectivity index (χ3v) is 2.50. The normalized spacial score (nSPS) is 10.9. The lowest BCUT2D eigenvalue weighted by Crippen LogP contribution is -1.96. The van der Waals surface area contributed by atoms with Gasteiger partial charge in [-0.05, 0) is 17.5 Å². The van der Waals surface area contributed by atoms with Gasteiger partial charge in [0.1, 0.15) is 5.75 Å². The Hall–Kier alpha value is -1.97. The Bertz CT molecular complexity index is 503.